The van der Waals surface area contributed by atoms with E-state index in [4.69, 9.17) is 14.2 Å². The first-order chi connectivity index (χ1) is 25.2. The Hall–Kier alpha value is -1.88. The number of aliphatic hydroxyl groups is 4. The molecule has 7 fully saturated rings. The first kappa shape index (κ1) is 36.7. The molecule has 10 rings (SSSR count). The number of rotatable bonds is 5. The summed E-state index contributed by atoms with van der Waals surface area (Å²) in [6.45, 7) is 7.75. The van der Waals surface area contributed by atoms with Crippen molar-refractivity contribution < 1.29 is 44.2 Å². The van der Waals surface area contributed by atoms with Gasteiger partial charge in [-0.1, -0.05) is 26.2 Å². The van der Waals surface area contributed by atoms with Gasteiger partial charge in [0.15, 0.2) is 5.78 Å². The number of nitrogens with zero attached hydrogens (tertiary/aromatic N) is 1. The number of ether oxygens (including phenoxy) is 3. The average Bonchev–Trinajstić information content (AvgIpc) is 3.74. The Morgan fingerprint density at radius 2 is 1.87 bits per heavy atom. The highest BCUT2D eigenvalue weighted by Crippen LogP contribution is 2.77. The maximum absolute atomic E-state index is 14.6. The number of aliphatic hydroxyl groups excluding tert-OH is 2. The first-order valence-corrected chi connectivity index (χ1v) is 20.6. The van der Waals surface area contributed by atoms with E-state index < -0.39 is 63.9 Å². The number of fused-ring (bicyclic) bond motifs is 3. The van der Waals surface area contributed by atoms with Crippen LogP contribution >= 0.6 is 0 Å². The van der Waals surface area contributed by atoms with Crippen molar-refractivity contribution in [1.82, 2.24) is 10.2 Å². The number of piperidine rings is 1. The lowest BCUT2D eigenvalue weighted by Crippen LogP contribution is -2.70. The largest absolute Gasteiger partial charge is 0.387 e. The summed E-state index contributed by atoms with van der Waals surface area (Å²) in [6.07, 6.45) is 5.88. The maximum Gasteiger partial charge on any atom is 0.240 e. The van der Waals surface area contributed by atoms with Gasteiger partial charge >= 0.3 is 0 Å². The first-order valence-electron chi connectivity index (χ1n) is 20.6. The lowest BCUT2D eigenvalue weighted by atomic mass is 9.34. The van der Waals surface area contributed by atoms with Crippen LogP contribution in [0, 0.1) is 57.7 Å². The van der Waals surface area contributed by atoms with Crippen LogP contribution in [-0.4, -0.2) is 118 Å². The summed E-state index contributed by atoms with van der Waals surface area (Å²) in [6, 6.07) is -0.608. The summed E-state index contributed by atoms with van der Waals surface area (Å²) in [5.41, 5.74) is -4.35. The van der Waals surface area contributed by atoms with Gasteiger partial charge in [0.05, 0.1) is 40.9 Å². The molecule has 5 N–H and O–H groups in total. The Bertz CT molecular complexity index is 1620. The lowest BCUT2D eigenvalue weighted by Gasteiger charge is -2.69. The molecule has 0 aromatic heterocycles. The van der Waals surface area contributed by atoms with Gasteiger partial charge in [-0.3, -0.25) is 14.9 Å². The molecule has 4 saturated carbocycles. The quantitative estimate of drug-likeness (QED) is 0.162. The molecule has 11 nitrogen and oxygen atoms in total. The number of allylic oxidation sites excluding steroid dienone is 1. The van der Waals surface area contributed by atoms with Crippen LogP contribution in [0.2, 0.25) is 0 Å². The molecule has 17 unspecified atom stereocenters. The number of methoxy groups -OCH3 is 1. The minimum Gasteiger partial charge on any atom is -0.387 e. The van der Waals surface area contributed by atoms with Crippen LogP contribution in [0.3, 0.4) is 0 Å². The van der Waals surface area contributed by atoms with E-state index in [-0.39, 0.29) is 47.5 Å². The highest BCUT2D eigenvalue weighted by molar-refractivity contribution is 5.96. The molecule has 2 spiro atoms. The fraction of sp³-hybridized carbons (Fsp3) is 0.857. The number of hydrogen-bond acceptors (Lipinski definition) is 10. The highest BCUT2D eigenvalue weighted by Gasteiger charge is 2.78. The lowest BCUT2D eigenvalue weighted by molar-refractivity contribution is -0.226. The molecule has 11 heteroatoms. The number of nitrogens with one attached hydrogen (secondary N) is 1. The van der Waals surface area contributed by atoms with Gasteiger partial charge in [-0.15, -0.1) is 5.92 Å². The highest BCUT2D eigenvalue weighted by atomic mass is 16.5. The molecule has 292 valence electrons. The van der Waals surface area contributed by atoms with Gasteiger partial charge in [0.2, 0.25) is 5.91 Å². The second kappa shape index (κ2) is 12.6. The minimum absolute atomic E-state index is 0.0330. The molecule has 3 saturated heterocycles. The fourth-order valence-corrected chi connectivity index (χ4v) is 14.1. The van der Waals surface area contributed by atoms with Crippen molar-refractivity contribution in [2.24, 2.45) is 45.8 Å². The van der Waals surface area contributed by atoms with E-state index in [0.29, 0.717) is 64.7 Å². The molecule has 10 aliphatic rings. The molecule has 0 aromatic rings. The third-order valence-corrected chi connectivity index (χ3v) is 16.8. The van der Waals surface area contributed by atoms with Crippen LogP contribution in [0.4, 0.5) is 0 Å². The predicted molar refractivity (Wildman–Crippen MR) is 193 cm³/mol. The summed E-state index contributed by atoms with van der Waals surface area (Å²) >= 11 is 0. The van der Waals surface area contributed by atoms with E-state index >= 15 is 0 Å². The second-order valence-corrected chi connectivity index (χ2v) is 19.1. The number of ketones is 1. The van der Waals surface area contributed by atoms with Crippen LogP contribution < -0.4 is 5.32 Å². The van der Waals surface area contributed by atoms with Gasteiger partial charge in [0, 0.05) is 44.6 Å². The Morgan fingerprint density at radius 1 is 1.06 bits per heavy atom. The topological polar surface area (TPSA) is 158 Å². The van der Waals surface area contributed by atoms with Crippen molar-refractivity contribution in [3.05, 3.63) is 11.6 Å². The Labute approximate surface area is 313 Å². The summed E-state index contributed by atoms with van der Waals surface area (Å²) in [5.74, 6) is 6.33. The number of hydrogen-bond donors (Lipinski definition) is 5. The van der Waals surface area contributed by atoms with Crippen LogP contribution in [0.1, 0.15) is 97.8 Å². The SMILES string of the molecule is COCCCOC1CCC2(C)C(C1)C(=O)C=C1C3(O)CCC4C(C)(O)C(O)C5OC6C(O)NC(CC6C5C)C(=O)N5CC5CC#CC12C1CCCC43C1. The zero-order valence-electron chi connectivity index (χ0n) is 31.9. The Kier molecular flexibility index (Phi) is 8.71. The fourth-order valence-electron chi connectivity index (χ4n) is 14.1. The zero-order chi connectivity index (χ0) is 37.3. The molecule has 1 amide bonds. The zero-order valence-corrected chi connectivity index (χ0v) is 31.9. The molecule has 5 aliphatic heterocycles. The Balaban J connectivity index is 1.16. The van der Waals surface area contributed by atoms with Gasteiger partial charge in [0.1, 0.15) is 18.4 Å². The van der Waals surface area contributed by atoms with Gasteiger partial charge in [-0.25, -0.2) is 0 Å². The number of carbonyl (C=O) groups excluding carboxylic acids is 2. The van der Waals surface area contributed by atoms with Gasteiger partial charge in [-0.2, -0.15) is 0 Å². The standard InChI is InChI=1S/C42H60N2O9/c1-23-27-19-29-37(48)44-22-25(44)9-6-13-41-24-8-5-12-40(21-24)31(39(3,49)35(46)33(23)53-34(27)36(47)43-29)11-15-42(40,50)32(41)20-30(45)28-18-26(10-14-38(28,41)2)52-17-7-16-51-4/h20,23-29,31,33-36,43,46-47,49-50H,5,7-12,14-19,21-22H2,1-4H3. The van der Waals surface area contributed by atoms with E-state index in [1.807, 2.05) is 11.8 Å². The van der Waals surface area contributed by atoms with Crippen molar-refractivity contribution in [3.8, 4) is 11.8 Å². The van der Waals surface area contributed by atoms with Crippen molar-refractivity contribution in [1.29, 1.82) is 0 Å². The van der Waals surface area contributed by atoms with E-state index in [9.17, 15) is 30.0 Å². The van der Waals surface area contributed by atoms with Crippen LogP contribution in [0.25, 0.3) is 0 Å². The third kappa shape index (κ3) is 4.95. The average molecular weight is 737 g/mol. The molecule has 0 radical (unpaired) electrons. The maximum atomic E-state index is 14.6. The molecular formula is C42H60N2O9. The molecule has 8 bridgehead atoms. The van der Waals surface area contributed by atoms with Gasteiger partial charge in [-0.05, 0) is 112 Å². The summed E-state index contributed by atoms with van der Waals surface area (Å²) in [7, 11) is 1.69. The molecule has 5 aliphatic carbocycles. The minimum atomic E-state index is -1.64. The molecule has 0 aromatic carbocycles. The van der Waals surface area contributed by atoms with Gasteiger partial charge in [0.25, 0.3) is 0 Å². The van der Waals surface area contributed by atoms with Gasteiger partial charge < -0.3 is 39.5 Å². The van der Waals surface area contributed by atoms with E-state index in [0.717, 1.165) is 37.7 Å². The van der Waals surface area contributed by atoms with E-state index in [2.05, 4.69) is 24.1 Å². The molecule has 17 atom stereocenters. The van der Waals surface area contributed by atoms with Crippen molar-refractivity contribution >= 4 is 11.7 Å². The van der Waals surface area contributed by atoms with Crippen LogP contribution in [0.5, 0.6) is 0 Å². The van der Waals surface area contributed by atoms with E-state index in [1.54, 1.807) is 20.1 Å². The number of carbonyl (C=O) groups is 2. The van der Waals surface area contributed by atoms with Crippen LogP contribution in [0.15, 0.2) is 11.6 Å². The summed E-state index contributed by atoms with van der Waals surface area (Å²) in [5, 5.41) is 52.8. The third-order valence-electron chi connectivity index (χ3n) is 16.8. The predicted octanol–water partition coefficient (Wildman–Crippen LogP) is 2.47. The number of amides is 1. The summed E-state index contributed by atoms with van der Waals surface area (Å²) in [4.78, 5) is 30.2. The second-order valence-electron chi connectivity index (χ2n) is 19.1. The van der Waals surface area contributed by atoms with Crippen LogP contribution in [-0.2, 0) is 23.8 Å². The Morgan fingerprint density at radius 3 is 2.66 bits per heavy atom. The van der Waals surface area contributed by atoms with Crippen molar-refractivity contribution in [2.75, 3.05) is 26.9 Å². The molecule has 53 heavy (non-hydrogen) atoms. The normalized spacial score (nSPS) is 53.9. The smallest absolute Gasteiger partial charge is 0.240 e. The summed E-state index contributed by atoms with van der Waals surface area (Å²) < 4.78 is 18.0. The van der Waals surface area contributed by atoms with Crippen molar-refractivity contribution in [3.63, 3.8) is 0 Å². The van der Waals surface area contributed by atoms with E-state index in [1.165, 1.54) is 0 Å². The van der Waals surface area contributed by atoms with Crippen molar-refractivity contribution in [2.45, 2.75) is 152 Å². The molecular weight excluding hydrogens is 676 g/mol. The monoisotopic (exact) mass is 736 g/mol. The molecule has 5 heterocycles.